The molecule has 0 aliphatic carbocycles. The Morgan fingerprint density at radius 3 is 2.79 bits per heavy atom. The van der Waals surface area contributed by atoms with Crippen molar-refractivity contribution in [3.05, 3.63) is 30.1 Å². The molecule has 1 amide bonds. The number of aryl methyl sites for hydroxylation is 1. The highest BCUT2D eigenvalue weighted by Gasteiger charge is 2.42. The summed E-state index contributed by atoms with van der Waals surface area (Å²) in [4.78, 5) is 18.4. The molecule has 1 unspecified atom stereocenters. The van der Waals surface area contributed by atoms with E-state index in [2.05, 4.69) is 4.98 Å². The second-order valence-electron chi connectivity index (χ2n) is 6.18. The highest BCUT2D eigenvalue weighted by Crippen LogP contribution is 2.33. The van der Waals surface area contributed by atoms with Crippen LogP contribution in [0.4, 0.5) is 13.2 Å². The minimum absolute atomic E-state index is 0.0360. The third-order valence-corrected chi connectivity index (χ3v) is 4.58. The van der Waals surface area contributed by atoms with Gasteiger partial charge >= 0.3 is 6.18 Å². The smallest absolute Gasteiger partial charge is 0.341 e. The van der Waals surface area contributed by atoms with Gasteiger partial charge in [0.2, 0.25) is 5.91 Å². The first-order chi connectivity index (χ1) is 11.4. The molecule has 0 saturated carbocycles. The molecule has 0 radical (unpaired) electrons. The van der Waals surface area contributed by atoms with Gasteiger partial charge in [-0.1, -0.05) is 19.1 Å². The Bertz CT molecular complexity index is 738. The van der Waals surface area contributed by atoms with Gasteiger partial charge in [0, 0.05) is 19.5 Å². The summed E-state index contributed by atoms with van der Waals surface area (Å²) in [5.41, 5.74) is 1.64. The van der Waals surface area contributed by atoms with E-state index in [4.69, 9.17) is 0 Å². The van der Waals surface area contributed by atoms with Crippen LogP contribution in [0.2, 0.25) is 0 Å². The quantitative estimate of drug-likeness (QED) is 0.860. The van der Waals surface area contributed by atoms with E-state index >= 15 is 0 Å². The molecule has 130 valence electrons. The number of benzene rings is 1. The molecule has 1 aromatic carbocycles. The number of fused-ring (bicyclic) bond motifs is 1. The fraction of sp³-hybridized carbons (Fsp3) is 0.529. The number of likely N-dealkylation sites (tertiary alicyclic amines) is 1. The van der Waals surface area contributed by atoms with Crippen LogP contribution in [0, 0.1) is 5.92 Å². The zero-order valence-corrected chi connectivity index (χ0v) is 13.5. The van der Waals surface area contributed by atoms with Gasteiger partial charge in [-0.15, -0.1) is 0 Å². The Morgan fingerprint density at radius 2 is 2.08 bits per heavy atom. The fourth-order valence-electron chi connectivity index (χ4n) is 3.28. The Kier molecular flexibility index (Phi) is 4.51. The van der Waals surface area contributed by atoms with E-state index in [9.17, 15) is 18.0 Å². The molecule has 7 heteroatoms. The van der Waals surface area contributed by atoms with E-state index in [1.54, 1.807) is 0 Å². The molecule has 1 saturated heterocycles. The van der Waals surface area contributed by atoms with Gasteiger partial charge in [-0.3, -0.25) is 4.79 Å². The Hall–Kier alpha value is -2.05. The van der Waals surface area contributed by atoms with Crippen molar-refractivity contribution in [2.45, 2.75) is 38.9 Å². The van der Waals surface area contributed by atoms with Crippen molar-refractivity contribution in [2.75, 3.05) is 13.1 Å². The number of para-hydroxylation sites is 2. The van der Waals surface area contributed by atoms with E-state index < -0.39 is 12.1 Å². The van der Waals surface area contributed by atoms with Crippen LogP contribution in [0.15, 0.2) is 24.3 Å². The molecule has 24 heavy (non-hydrogen) atoms. The van der Waals surface area contributed by atoms with E-state index in [1.165, 1.54) is 4.90 Å². The van der Waals surface area contributed by atoms with Crippen molar-refractivity contribution in [3.8, 4) is 0 Å². The zero-order valence-electron chi connectivity index (χ0n) is 13.5. The summed E-state index contributed by atoms with van der Waals surface area (Å²) in [5.74, 6) is -0.920. The first kappa shape index (κ1) is 16.8. The molecule has 2 heterocycles. The van der Waals surface area contributed by atoms with Crippen LogP contribution in [0.5, 0.6) is 0 Å². The largest absolute Gasteiger partial charge is 0.393 e. The summed E-state index contributed by atoms with van der Waals surface area (Å²) in [6.45, 7) is 2.13. The summed E-state index contributed by atoms with van der Waals surface area (Å²) < 4.78 is 40.6. The summed E-state index contributed by atoms with van der Waals surface area (Å²) in [6, 6.07) is 7.49. The average Bonchev–Trinajstić information content (AvgIpc) is 2.92. The van der Waals surface area contributed by atoms with Crippen molar-refractivity contribution >= 4 is 16.9 Å². The number of rotatable bonds is 3. The van der Waals surface area contributed by atoms with Gasteiger partial charge in [-0.2, -0.15) is 13.2 Å². The monoisotopic (exact) mass is 339 g/mol. The number of imidazole rings is 1. The molecule has 4 nitrogen and oxygen atoms in total. The first-order valence-electron chi connectivity index (χ1n) is 8.18. The van der Waals surface area contributed by atoms with Crippen LogP contribution in [-0.2, 0) is 17.8 Å². The summed E-state index contributed by atoms with van der Waals surface area (Å²) in [6.07, 6.45) is -3.09. The minimum Gasteiger partial charge on any atom is -0.341 e. The molecule has 0 N–H and O–H groups in total. The first-order valence-corrected chi connectivity index (χ1v) is 8.18. The maximum absolute atomic E-state index is 12.9. The Balaban J connectivity index is 1.80. The molecule has 1 fully saturated rings. The molecule has 1 atom stereocenters. The van der Waals surface area contributed by atoms with E-state index in [0.29, 0.717) is 19.4 Å². The summed E-state index contributed by atoms with van der Waals surface area (Å²) in [7, 11) is 0. The topological polar surface area (TPSA) is 38.1 Å². The number of nitrogens with zero attached hydrogens (tertiary/aromatic N) is 3. The molecule has 0 bridgehead atoms. The lowest BCUT2D eigenvalue weighted by atomic mass is 9.97. The highest BCUT2D eigenvalue weighted by molar-refractivity contribution is 5.81. The number of alkyl halides is 3. The number of carbonyl (C=O) groups excluding carboxylic acids is 1. The lowest BCUT2D eigenvalue weighted by Crippen LogP contribution is -2.45. The number of piperidine rings is 1. The molecule has 1 aliphatic rings. The van der Waals surface area contributed by atoms with Gasteiger partial charge in [0.05, 0.1) is 17.0 Å². The molecular weight excluding hydrogens is 319 g/mol. The summed E-state index contributed by atoms with van der Waals surface area (Å²) in [5, 5.41) is 0. The molecular formula is C17H20F3N3O. The molecule has 2 aromatic rings. The average molecular weight is 339 g/mol. The van der Waals surface area contributed by atoms with Gasteiger partial charge in [0.1, 0.15) is 12.4 Å². The Morgan fingerprint density at radius 1 is 1.33 bits per heavy atom. The number of hydrogen-bond acceptors (Lipinski definition) is 2. The van der Waals surface area contributed by atoms with Crippen LogP contribution < -0.4 is 0 Å². The number of halogens is 3. The maximum atomic E-state index is 12.9. The predicted molar refractivity (Wildman–Crippen MR) is 84.5 cm³/mol. The molecule has 1 aliphatic heterocycles. The van der Waals surface area contributed by atoms with Crippen molar-refractivity contribution in [1.29, 1.82) is 0 Å². The van der Waals surface area contributed by atoms with E-state index in [1.807, 2.05) is 35.8 Å². The van der Waals surface area contributed by atoms with Gasteiger partial charge in [-0.05, 0) is 25.0 Å². The summed E-state index contributed by atoms with van der Waals surface area (Å²) >= 11 is 0. The minimum atomic E-state index is -4.24. The van der Waals surface area contributed by atoms with Crippen molar-refractivity contribution in [3.63, 3.8) is 0 Å². The second kappa shape index (κ2) is 6.45. The number of amides is 1. The third-order valence-electron chi connectivity index (χ3n) is 4.58. The lowest BCUT2D eigenvalue weighted by molar-refractivity contribution is -0.188. The van der Waals surface area contributed by atoms with Gasteiger partial charge < -0.3 is 9.47 Å². The van der Waals surface area contributed by atoms with E-state index in [0.717, 1.165) is 16.9 Å². The van der Waals surface area contributed by atoms with Crippen LogP contribution in [-0.4, -0.2) is 39.6 Å². The van der Waals surface area contributed by atoms with Gasteiger partial charge in [-0.25, -0.2) is 4.98 Å². The highest BCUT2D eigenvalue weighted by atomic mass is 19.4. The SMILES string of the molecule is CCc1nc2ccccc2n1CC(=O)N1CCCC(C(F)(F)F)C1. The van der Waals surface area contributed by atoms with Crippen molar-refractivity contribution < 1.29 is 18.0 Å². The molecule has 3 rings (SSSR count). The van der Waals surface area contributed by atoms with Gasteiger partial charge in [0.15, 0.2) is 0 Å². The Labute approximate surface area is 138 Å². The van der Waals surface area contributed by atoms with Crippen molar-refractivity contribution in [1.82, 2.24) is 14.5 Å². The number of carbonyl (C=O) groups is 1. The molecule has 0 spiro atoms. The normalized spacial score (nSPS) is 19.0. The van der Waals surface area contributed by atoms with Gasteiger partial charge in [0.25, 0.3) is 0 Å². The van der Waals surface area contributed by atoms with Crippen LogP contribution in [0.1, 0.15) is 25.6 Å². The van der Waals surface area contributed by atoms with Crippen LogP contribution in [0.25, 0.3) is 11.0 Å². The fourth-order valence-corrected chi connectivity index (χ4v) is 3.28. The van der Waals surface area contributed by atoms with Crippen molar-refractivity contribution in [2.24, 2.45) is 5.92 Å². The predicted octanol–water partition coefficient (Wildman–Crippen LogP) is 3.40. The number of aromatic nitrogens is 2. The maximum Gasteiger partial charge on any atom is 0.393 e. The third kappa shape index (κ3) is 3.25. The zero-order chi connectivity index (χ0) is 17.3. The molecule has 1 aromatic heterocycles. The van der Waals surface area contributed by atoms with Crippen LogP contribution in [0.3, 0.4) is 0 Å². The second-order valence-corrected chi connectivity index (χ2v) is 6.18. The van der Waals surface area contributed by atoms with Crippen LogP contribution >= 0.6 is 0 Å². The van der Waals surface area contributed by atoms with E-state index in [-0.39, 0.29) is 25.4 Å². The standard InChI is InChI=1S/C17H20F3N3O/c1-2-15-21-13-7-3-4-8-14(13)23(15)11-16(24)22-9-5-6-12(10-22)17(18,19)20/h3-4,7-8,12H,2,5-6,9-11H2,1H3. The lowest BCUT2D eigenvalue weighted by Gasteiger charge is -2.34. The number of hydrogen-bond donors (Lipinski definition) is 0.